The number of benzene rings is 1. The predicted octanol–water partition coefficient (Wildman–Crippen LogP) is 3.62. The van der Waals surface area contributed by atoms with Gasteiger partial charge in [0.1, 0.15) is 11.6 Å². The molecule has 3 aliphatic rings. The lowest BCUT2D eigenvalue weighted by atomic mass is 9.73. The van der Waals surface area contributed by atoms with Gasteiger partial charge in [-0.2, -0.15) is 0 Å². The number of nitrogens with zero attached hydrogens (tertiary/aromatic N) is 1. The number of hydrogen-bond donors (Lipinski definition) is 2. The normalized spacial score (nSPS) is 23.6. The molecule has 1 aliphatic carbocycles. The van der Waals surface area contributed by atoms with Crippen molar-refractivity contribution in [1.29, 1.82) is 0 Å². The topological polar surface area (TPSA) is 87.7 Å². The van der Waals surface area contributed by atoms with Crippen LogP contribution in [0.2, 0.25) is 0 Å². The summed E-state index contributed by atoms with van der Waals surface area (Å²) in [7, 11) is 0. The van der Waals surface area contributed by atoms with Crippen molar-refractivity contribution < 1.29 is 27.9 Å². The van der Waals surface area contributed by atoms with Crippen LogP contribution in [0.4, 0.5) is 19.3 Å². The smallest absolute Gasteiger partial charge is 0.407 e. The third-order valence-electron chi connectivity index (χ3n) is 7.13. The number of piperidine rings is 1. The molecule has 0 radical (unpaired) electrons. The lowest BCUT2D eigenvalue weighted by Crippen LogP contribution is -2.59. The molecular formula is C24H31F2N3O4. The monoisotopic (exact) mass is 463 g/mol. The Morgan fingerprint density at radius 1 is 1.15 bits per heavy atom. The van der Waals surface area contributed by atoms with E-state index in [1.54, 1.807) is 4.90 Å². The van der Waals surface area contributed by atoms with Crippen LogP contribution in [0.25, 0.3) is 0 Å². The van der Waals surface area contributed by atoms with Gasteiger partial charge in [-0.1, -0.05) is 13.8 Å². The Labute approximate surface area is 192 Å². The first-order valence-electron chi connectivity index (χ1n) is 11.6. The van der Waals surface area contributed by atoms with Gasteiger partial charge in [0, 0.05) is 30.8 Å². The molecule has 0 aromatic heterocycles. The average Bonchev–Trinajstić information content (AvgIpc) is 2.70. The van der Waals surface area contributed by atoms with Gasteiger partial charge in [0.2, 0.25) is 11.8 Å². The van der Waals surface area contributed by atoms with Gasteiger partial charge in [0.15, 0.2) is 0 Å². The van der Waals surface area contributed by atoms with E-state index in [1.165, 1.54) is 12.1 Å². The lowest BCUT2D eigenvalue weighted by molar-refractivity contribution is -0.134. The molecule has 1 atom stereocenters. The first kappa shape index (κ1) is 23.4. The quantitative estimate of drug-likeness (QED) is 0.652. The zero-order valence-corrected chi connectivity index (χ0v) is 19.1. The summed E-state index contributed by atoms with van der Waals surface area (Å²) in [5.41, 5.74) is 0.401. The minimum Gasteiger partial charge on any atom is -0.449 e. The molecule has 1 saturated carbocycles. The molecule has 7 nitrogen and oxygen atoms in total. The molecule has 1 unspecified atom stereocenters. The fourth-order valence-corrected chi connectivity index (χ4v) is 4.86. The molecule has 180 valence electrons. The Bertz CT molecular complexity index is 913. The number of anilines is 1. The van der Waals surface area contributed by atoms with Crippen molar-refractivity contribution in [3.05, 3.63) is 29.3 Å². The van der Waals surface area contributed by atoms with E-state index < -0.39 is 35.5 Å². The van der Waals surface area contributed by atoms with Gasteiger partial charge in [-0.25, -0.2) is 13.6 Å². The summed E-state index contributed by atoms with van der Waals surface area (Å²) in [6.07, 6.45) is 4.05. The van der Waals surface area contributed by atoms with Gasteiger partial charge in [0.05, 0.1) is 18.6 Å². The molecule has 0 spiro atoms. The molecule has 4 rings (SSSR count). The van der Waals surface area contributed by atoms with Gasteiger partial charge in [-0.15, -0.1) is 0 Å². The van der Waals surface area contributed by atoms with Crippen molar-refractivity contribution in [2.75, 3.05) is 24.6 Å². The third kappa shape index (κ3) is 5.45. The van der Waals surface area contributed by atoms with E-state index in [0.29, 0.717) is 36.7 Å². The van der Waals surface area contributed by atoms with Gasteiger partial charge in [-0.05, 0) is 55.6 Å². The van der Waals surface area contributed by atoms with Gasteiger partial charge in [-0.3, -0.25) is 14.9 Å². The van der Waals surface area contributed by atoms with Gasteiger partial charge >= 0.3 is 6.09 Å². The highest BCUT2D eigenvalue weighted by Crippen LogP contribution is 2.38. The van der Waals surface area contributed by atoms with Gasteiger partial charge in [0.25, 0.3) is 0 Å². The van der Waals surface area contributed by atoms with E-state index in [0.717, 1.165) is 25.7 Å². The molecule has 3 amide bonds. The number of amides is 3. The molecule has 2 N–H and O–H groups in total. The van der Waals surface area contributed by atoms with Crippen LogP contribution in [-0.2, 0) is 14.3 Å². The second kappa shape index (κ2) is 9.27. The number of imide groups is 1. The molecule has 2 aliphatic heterocycles. The van der Waals surface area contributed by atoms with Crippen molar-refractivity contribution in [3.8, 4) is 0 Å². The highest BCUT2D eigenvalue weighted by atomic mass is 19.1. The second-order valence-corrected chi connectivity index (χ2v) is 10.3. The zero-order valence-electron chi connectivity index (χ0n) is 19.1. The Morgan fingerprint density at radius 2 is 1.79 bits per heavy atom. The fraction of sp³-hybridized carbons (Fsp3) is 0.625. The summed E-state index contributed by atoms with van der Waals surface area (Å²) < 4.78 is 34.8. The summed E-state index contributed by atoms with van der Waals surface area (Å²) in [6.45, 7) is 5.75. The number of ether oxygens (including phenoxy) is 1. The van der Waals surface area contributed by atoms with Crippen molar-refractivity contribution >= 4 is 23.6 Å². The molecule has 9 heteroatoms. The van der Waals surface area contributed by atoms with Crippen molar-refractivity contribution in [2.45, 2.75) is 64.3 Å². The number of alkyl carbamates (subject to hydrolysis) is 1. The van der Waals surface area contributed by atoms with Crippen LogP contribution >= 0.6 is 0 Å². The molecule has 0 bridgehead atoms. The number of carbonyl (C=O) groups excluding carboxylic acids is 3. The SMILES string of the molecule is CC1(C)CCC(COC(=O)NC2CN(c3cc(F)c(C4CCC(=O)NC4=O)c(F)c3)C2)CC1. The summed E-state index contributed by atoms with van der Waals surface area (Å²) in [4.78, 5) is 37.1. The first-order chi connectivity index (χ1) is 15.6. The standard InChI is InChI=1S/C24H31F2N3O4/c1-24(2)7-5-14(6-8-24)13-33-23(32)27-15-11-29(12-15)16-9-18(25)21(19(26)10-16)17-3-4-20(30)28-22(17)31/h9-10,14-15,17H,3-8,11-13H2,1-2H3,(H,27,32)(H,28,30,31). The highest BCUT2D eigenvalue weighted by Gasteiger charge is 2.35. The minimum absolute atomic E-state index is 0.0470. The van der Waals surface area contributed by atoms with E-state index in [4.69, 9.17) is 4.74 Å². The van der Waals surface area contributed by atoms with E-state index in [9.17, 15) is 23.2 Å². The van der Waals surface area contributed by atoms with E-state index in [-0.39, 0.29) is 24.4 Å². The van der Waals surface area contributed by atoms with E-state index >= 15 is 0 Å². The van der Waals surface area contributed by atoms with E-state index in [1.807, 2.05) is 0 Å². The van der Waals surface area contributed by atoms with Crippen molar-refractivity contribution in [1.82, 2.24) is 10.6 Å². The summed E-state index contributed by atoms with van der Waals surface area (Å²) in [5, 5.41) is 4.93. The highest BCUT2D eigenvalue weighted by molar-refractivity contribution is 6.01. The van der Waals surface area contributed by atoms with Crippen LogP contribution in [0, 0.1) is 23.0 Å². The van der Waals surface area contributed by atoms with Gasteiger partial charge < -0.3 is 15.0 Å². The molecule has 2 heterocycles. The predicted molar refractivity (Wildman–Crippen MR) is 118 cm³/mol. The minimum atomic E-state index is -1.02. The van der Waals surface area contributed by atoms with Crippen LogP contribution in [0.5, 0.6) is 0 Å². The molecule has 1 aromatic rings. The maximum atomic E-state index is 14.7. The van der Waals surface area contributed by atoms with Crippen LogP contribution in [0.1, 0.15) is 63.9 Å². The van der Waals surface area contributed by atoms with Crippen molar-refractivity contribution in [3.63, 3.8) is 0 Å². The Balaban J connectivity index is 1.25. The fourth-order valence-electron chi connectivity index (χ4n) is 4.86. The lowest BCUT2D eigenvalue weighted by Gasteiger charge is -2.41. The first-order valence-corrected chi connectivity index (χ1v) is 11.6. The van der Waals surface area contributed by atoms with Crippen molar-refractivity contribution in [2.24, 2.45) is 11.3 Å². The summed E-state index contributed by atoms with van der Waals surface area (Å²) in [5.74, 6) is -3.37. The van der Waals surface area contributed by atoms with Crippen LogP contribution in [0.15, 0.2) is 12.1 Å². The molecule has 3 fully saturated rings. The summed E-state index contributed by atoms with van der Waals surface area (Å²) >= 11 is 0. The number of halogens is 2. The molecular weight excluding hydrogens is 432 g/mol. The van der Waals surface area contributed by atoms with Crippen LogP contribution < -0.4 is 15.5 Å². The Hall–Kier alpha value is -2.71. The maximum Gasteiger partial charge on any atom is 0.407 e. The average molecular weight is 464 g/mol. The number of carbonyl (C=O) groups is 3. The second-order valence-electron chi connectivity index (χ2n) is 10.3. The Morgan fingerprint density at radius 3 is 2.39 bits per heavy atom. The third-order valence-corrected chi connectivity index (χ3v) is 7.13. The van der Waals surface area contributed by atoms with Crippen LogP contribution in [-0.4, -0.2) is 43.6 Å². The Kier molecular flexibility index (Phi) is 6.59. The number of rotatable bonds is 5. The largest absolute Gasteiger partial charge is 0.449 e. The zero-order chi connectivity index (χ0) is 23.8. The van der Waals surface area contributed by atoms with Crippen LogP contribution in [0.3, 0.4) is 0 Å². The molecule has 2 saturated heterocycles. The number of nitrogens with one attached hydrogen (secondary N) is 2. The number of hydrogen-bond acceptors (Lipinski definition) is 5. The molecule has 1 aromatic carbocycles. The summed E-state index contributed by atoms with van der Waals surface area (Å²) in [6, 6.07) is 2.23. The van der Waals surface area contributed by atoms with E-state index in [2.05, 4.69) is 24.5 Å². The maximum absolute atomic E-state index is 14.7. The molecule has 33 heavy (non-hydrogen) atoms.